The number of benzene rings is 1. The average Bonchev–Trinajstić information content (AvgIpc) is 3.23. The molecule has 0 aliphatic carbocycles. The SMILES string of the molecule is C[C@@H](CC(=N)C(=O)c1ccc(Nc2nccc(-c3cnc4ccccn34)n2)cc1)N(C)C. The maximum atomic E-state index is 12.6. The number of carbonyl (C=O) groups is 1. The highest BCUT2D eigenvalue weighted by molar-refractivity contribution is 6.45. The summed E-state index contributed by atoms with van der Waals surface area (Å²) in [5, 5.41) is 11.3. The van der Waals surface area contributed by atoms with Crippen molar-refractivity contribution in [2.24, 2.45) is 0 Å². The largest absolute Gasteiger partial charge is 0.324 e. The maximum Gasteiger partial charge on any atom is 0.227 e. The van der Waals surface area contributed by atoms with Crippen LogP contribution in [0.3, 0.4) is 0 Å². The van der Waals surface area contributed by atoms with E-state index >= 15 is 0 Å². The van der Waals surface area contributed by atoms with Crippen molar-refractivity contribution in [1.82, 2.24) is 24.3 Å². The normalized spacial score (nSPS) is 12.1. The van der Waals surface area contributed by atoms with E-state index in [1.54, 1.807) is 36.7 Å². The lowest BCUT2D eigenvalue weighted by atomic mass is 10.0. The maximum absolute atomic E-state index is 12.6. The molecular formula is C24H25N7O. The molecule has 0 spiro atoms. The van der Waals surface area contributed by atoms with Gasteiger partial charge in [-0.15, -0.1) is 0 Å². The molecule has 4 rings (SSSR count). The van der Waals surface area contributed by atoms with E-state index in [0.29, 0.717) is 17.9 Å². The molecule has 0 aliphatic rings. The van der Waals surface area contributed by atoms with Crippen molar-refractivity contribution in [3.8, 4) is 11.4 Å². The molecule has 3 heterocycles. The Hall–Kier alpha value is -3.91. The predicted molar refractivity (Wildman–Crippen MR) is 126 cm³/mol. The highest BCUT2D eigenvalue weighted by Crippen LogP contribution is 2.21. The smallest absolute Gasteiger partial charge is 0.227 e. The molecule has 0 bridgehead atoms. The Morgan fingerprint density at radius 1 is 1.12 bits per heavy atom. The van der Waals surface area contributed by atoms with Gasteiger partial charge in [-0.3, -0.25) is 9.20 Å². The van der Waals surface area contributed by atoms with Crippen LogP contribution in [0.15, 0.2) is 67.1 Å². The fraction of sp³-hybridized carbons (Fsp3) is 0.208. The van der Waals surface area contributed by atoms with Gasteiger partial charge in [-0.1, -0.05) is 6.07 Å². The Kier molecular flexibility index (Phi) is 6.04. The van der Waals surface area contributed by atoms with Gasteiger partial charge in [-0.25, -0.2) is 15.0 Å². The Balaban J connectivity index is 1.48. The monoisotopic (exact) mass is 427 g/mol. The van der Waals surface area contributed by atoms with Crippen molar-refractivity contribution >= 4 is 28.8 Å². The molecule has 3 aromatic heterocycles. The molecule has 0 radical (unpaired) electrons. The molecule has 0 aliphatic heterocycles. The molecule has 0 fully saturated rings. The number of anilines is 2. The number of nitrogens with one attached hydrogen (secondary N) is 2. The van der Waals surface area contributed by atoms with Gasteiger partial charge in [-0.2, -0.15) is 0 Å². The zero-order valence-electron chi connectivity index (χ0n) is 18.3. The van der Waals surface area contributed by atoms with Crippen LogP contribution >= 0.6 is 0 Å². The van der Waals surface area contributed by atoms with Crippen LogP contribution in [0.5, 0.6) is 0 Å². The van der Waals surface area contributed by atoms with Crippen molar-refractivity contribution in [1.29, 1.82) is 5.41 Å². The lowest BCUT2D eigenvalue weighted by Crippen LogP contribution is -2.29. The lowest BCUT2D eigenvalue weighted by Gasteiger charge is -2.19. The number of aromatic nitrogens is 4. The van der Waals surface area contributed by atoms with Crippen LogP contribution in [-0.4, -0.2) is 55.9 Å². The van der Waals surface area contributed by atoms with Gasteiger partial charge in [0.2, 0.25) is 11.7 Å². The summed E-state index contributed by atoms with van der Waals surface area (Å²) >= 11 is 0. The van der Waals surface area contributed by atoms with E-state index < -0.39 is 0 Å². The van der Waals surface area contributed by atoms with E-state index in [-0.39, 0.29) is 17.5 Å². The minimum atomic E-state index is -0.254. The first kappa shape index (κ1) is 21.3. The van der Waals surface area contributed by atoms with Crippen molar-refractivity contribution in [3.05, 3.63) is 72.7 Å². The minimum absolute atomic E-state index is 0.107. The standard InChI is InChI=1S/C24H25N7O/c1-16(30(2)3)14-19(25)23(32)17-7-9-18(10-8-17)28-24-26-12-11-20(29-24)21-15-27-22-6-4-5-13-31(21)22/h4-13,15-16,25H,14H2,1-3H3,(H,26,28,29)/t16-/m0/s1. The van der Waals surface area contributed by atoms with E-state index in [1.165, 1.54) is 0 Å². The number of hydrogen-bond donors (Lipinski definition) is 2. The molecule has 2 N–H and O–H groups in total. The van der Waals surface area contributed by atoms with Crippen molar-refractivity contribution in [2.75, 3.05) is 19.4 Å². The lowest BCUT2D eigenvalue weighted by molar-refractivity contribution is 0.106. The van der Waals surface area contributed by atoms with E-state index in [1.807, 2.05) is 60.8 Å². The molecule has 8 nitrogen and oxygen atoms in total. The molecule has 162 valence electrons. The van der Waals surface area contributed by atoms with Crippen LogP contribution < -0.4 is 5.32 Å². The van der Waals surface area contributed by atoms with E-state index in [2.05, 4.69) is 20.3 Å². The topological polar surface area (TPSA) is 99.3 Å². The molecule has 0 saturated carbocycles. The van der Waals surface area contributed by atoms with Gasteiger partial charge in [0.15, 0.2) is 0 Å². The summed E-state index contributed by atoms with van der Waals surface area (Å²) in [6.45, 7) is 2.00. The van der Waals surface area contributed by atoms with Crippen LogP contribution in [-0.2, 0) is 0 Å². The minimum Gasteiger partial charge on any atom is -0.324 e. The Bertz CT molecular complexity index is 1260. The second-order valence-corrected chi connectivity index (χ2v) is 7.86. The third-order valence-electron chi connectivity index (χ3n) is 5.39. The van der Waals surface area contributed by atoms with Crippen LogP contribution in [0.4, 0.5) is 11.6 Å². The third kappa shape index (κ3) is 4.55. The average molecular weight is 428 g/mol. The first-order chi connectivity index (χ1) is 15.4. The number of rotatable bonds is 8. The highest BCUT2D eigenvalue weighted by atomic mass is 16.1. The van der Waals surface area contributed by atoms with Crippen LogP contribution in [0, 0.1) is 5.41 Å². The second kappa shape index (κ2) is 9.07. The van der Waals surface area contributed by atoms with Crippen molar-refractivity contribution in [2.45, 2.75) is 19.4 Å². The summed E-state index contributed by atoms with van der Waals surface area (Å²) in [6, 6.07) is 14.8. The van der Waals surface area contributed by atoms with Gasteiger partial charge in [0.25, 0.3) is 0 Å². The molecule has 0 unspecified atom stereocenters. The van der Waals surface area contributed by atoms with Gasteiger partial charge >= 0.3 is 0 Å². The molecule has 1 aromatic carbocycles. The highest BCUT2D eigenvalue weighted by Gasteiger charge is 2.16. The molecule has 0 saturated heterocycles. The number of pyridine rings is 1. The van der Waals surface area contributed by atoms with Gasteiger partial charge in [-0.05, 0) is 63.5 Å². The zero-order chi connectivity index (χ0) is 22.7. The molecule has 0 amide bonds. The number of ketones is 1. The summed E-state index contributed by atoms with van der Waals surface area (Å²) in [6.07, 6.45) is 5.83. The number of fused-ring (bicyclic) bond motifs is 1. The molecule has 8 heteroatoms. The summed E-state index contributed by atoms with van der Waals surface area (Å²) in [5.74, 6) is 0.191. The fourth-order valence-corrected chi connectivity index (χ4v) is 3.26. The molecular weight excluding hydrogens is 402 g/mol. The van der Waals surface area contributed by atoms with Crippen LogP contribution in [0.2, 0.25) is 0 Å². The van der Waals surface area contributed by atoms with E-state index in [9.17, 15) is 4.79 Å². The molecule has 1 atom stereocenters. The van der Waals surface area contributed by atoms with Crippen molar-refractivity contribution in [3.63, 3.8) is 0 Å². The Morgan fingerprint density at radius 2 is 1.91 bits per heavy atom. The number of hydrogen-bond acceptors (Lipinski definition) is 7. The summed E-state index contributed by atoms with van der Waals surface area (Å²) < 4.78 is 1.97. The second-order valence-electron chi connectivity index (χ2n) is 7.86. The summed E-state index contributed by atoms with van der Waals surface area (Å²) in [7, 11) is 3.88. The van der Waals surface area contributed by atoms with Gasteiger partial charge in [0, 0.05) is 36.1 Å². The summed E-state index contributed by atoms with van der Waals surface area (Å²) in [4.78, 5) is 27.9. The Morgan fingerprint density at radius 3 is 2.66 bits per heavy atom. The first-order valence-corrected chi connectivity index (χ1v) is 10.3. The van der Waals surface area contributed by atoms with Gasteiger partial charge in [0.1, 0.15) is 5.65 Å². The van der Waals surface area contributed by atoms with Crippen LogP contribution in [0.25, 0.3) is 17.0 Å². The quantitative estimate of drug-likeness (QED) is 0.325. The Labute approximate surface area is 186 Å². The zero-order valence-corrected chi connectivity index (χ0v) is 18.3. The predicted octanol–water partition coefficient (Wildman–Crippen LogP) is 4.08. The van der Waals surface area contributed by atoms with Crippen molar-refractivity contribution < 1.29 is 4.79 Å². The number of imidazole rings is 1. The molecule has 4 aromatic rings. The third-order valence-corrected chi connectivity index (χ3v) is 5.39. The molecule has 32 heavy (non-hydrogen) atoms. The van der Waals surface area contributed by atoms with E-state index in [4.69, 9.17) is 5.41 Å². The fourth-order valence-electron chi connectivity index (χ4n) is 3.26. The first-order valence-electron chi connectivity index (χ1n) is 10.3. The van der Waals surface area contributed by atoms with E-state index in [0.717, 1.165) is 22.7 Å². The number of nitrogens with zero attached hydrogens (tertiary/aromatic N) is 5. The van der Waals surface area contributed by atoms with Gasteiger partial charge in [0.05, 0.1) is 23.3 Å². The number of carbonyl (C=O) groups excluding carboxylic acids is 1. The van der Waals surface area contributed by atoms with Crippen LogP contribution in [0.1, 0.15) is 23.7 Å². The summed E-state index contributed by atoms with van der Waals surface area (Å²) in [5.41, 5.74) is 3.82. The number of Topliss-reactive ketones (excluding diaryl/α,β-unsaturated/α-hetero) is 1. The van der Waals surface area contributed by atoms with Gasteiger partial charge < -0.3 is 15.6 Å².